The summed E-state index contributed by atoms with van der Waals surface area (Å²) in [5.41, 5.74) is 5.81. The van der Waals surface area contributed by atoms with Crippen molar-refractivity contribution in [3.63, 3.8) is 0 Å². The van der Waals surface area contributed by atoms with Crippen molar-refractivity contribution >= 4 is 5.69 Å². The van der Waals surface area contributed by atoms with Gasteiger partial charge in [-0.05, 0) is 68.4 Å². The second kappa shape index (κ2) is 7.72. The second-order valence-electron chi connectivity index (χ2n) is 7.78. The number of rotatable bonds is 3. The quantitative estimate of drug-likeness (QED) is 0.719. The number of benzene rings is 2. The van der Waals surface area contributed by atoms with Crippen LogP contribution >= 0.6 is 0 Å². The van der Waals surface area contributed by atoms with Gasteiger partial charge in [0.25, 0.3) is 0 Å². The van der Waals surface area contributed by atoms with Crippen LogP contribution in [-0.2, 0) is 0 Å². The van der Waals surface area contributed by atoms with Gasteiger partial charge in [-0.1, -0.05) is 6.07 Å². The Hall–Kier alpha value is -3.12. The predicted molar refractivity (Wildman–Crippen MR) is 117 cm³/mol. The number of phenolic OH excluding ortho intramolecular Hbond substituents is 1. The highest BCUT2D eigenvalue weighted by atomic mass is 16.3. The SMILES string of the molecule is Cc1cc(-c2cc(-c3ccc(N4CCN(C)CC4)cc3C)[nH]c(=O)n2)ccc1O. The molecule has 150 valence electrons. The third-order valence-electron chi connectivity index (χ3n) is 5.61. The summed E-state index contributed by atoms with van der Waals surface area (Å²) in [5.74, 6) is 0.231. The fraction of sp³-hybridized carbons (Fsp3) is 0.304. The molecule has 1 aromatic heterocycles. The maximum atomic E-state index is 12.2. The number of nitrogens with one attached hydrogen (secondary N) is 1. The standard InChI is InChI=1S/C23H26N4O2/c1-15-13-18(27-10-8-26(3)9-11-27)5-6-19(15)21-14-20(24-23(29)25-21)17-4-7-22(28)16(2)12-17/h4-7,12-14,28H,8-11H2,1-3H3,(H,24,25,29). The number of hydrogen-bond donors (Lipinski definition) is 2. The molecule has 0 aliphatic carbocycles. The van der Waals surface area contributed by atoms with Crippen LogP contribution in [-0.4, -0.2) is 53.2 Å². The minimum Gasteiger partial charge on any atom is -0.508 e. The van der Waals surface area contributed by atoms with E-state index in [9.17, 15) is 9.90 Å². The average Bonchev–Trinajstić information content (AvgIpc) is 2.70. The van der Waals surface area contributed by atoms with Crippen LogP contribution in [0.2, 0.25) is 0 Å². The van der Waals surface area contributed by atoms with E-state index in [-0.39, 0.29) is 11.4 Å². The lowest BCUT2D eigenvalue weighted by Gasteiger charge is -2.34. The second-order valence-corrected chi connectivity index (χ2v) is 7.78. The number of aromatic amines is 1. The molecule has 2 aromatic carbocycles. The van der Waals surface area contributed by atoms with E-state index in [2.05, 4.69) is 51.9 Å². The number of aromatic nitrogens is 2. The Kier molecular flexibility index (Phi) is 5.11. The first-order valence-electron chi connectivity index (χ1n) is 9.86. The fourth-order valence-electron chi connectivity index (χ4n) is 3.78. The Bertz CT molecular complexity index is 1100. The van der Waals surface area contributed by atoms with Crippen molar-refractivity contribution in [2.24, 2.45) is 0 Å². The largest absolute Gasteiger partial charge is 0.508 e. The third-order valence-corrected chi connectivity index (χ3v) is 5.61. The molecule has 6 nitrogen and oxygen atoms in total. The zero-order valence-corrected chi connectivity index (χ0v) is 17.1. The summed E-state index contributed by atoms with van der Waals surface area (Å²) in [6, 6.07) is 13.5. The normalized spacial score (nSPS) is 14.9. The molecule has 1 aliphatic heterocycles. The Morgan fingerprint density at radius 1 is 0.966 bits per heavy atom. The number of likely N-dealkylation sites (N-methyl/N-ethyl adjacent to an activating group) is 1. The topological polar surface area (TPSA) is 72.5 Å². The number of piperazine rings is 1. The Balaban J connectivity index is 1.68. The summed E-state index contributed by atoms with van der Waals surface area (Å²) in [4.78, 5) is 24.0. The highest BCUT2D eigenvalue weighted by molar-refractivity contribution is 5.72. The van der Waals surface area contributed by atoms with Crippen LogP contribution in [0.4, 0.5) is 5.69 Å². The number of aromatic hydroxyl groups is 1. The maximum absolute atomic E-state index is 12.2. The van der Waals surface area contributed by atoms with Crippen molar-refractivity contribution in [1.82, 2.24) is 14.9 Å². The van der Waals surface area contributed by atoms with Crippen LogP contribution in [0.1, 0.15) is 11.1 Å². The van der Waals surface area contributed by atoms with E-state index in [0.29, 0.717) is 5.69 Å². The van der Waals surface area contributed by atoms with Gasteiger partial charge in [0.2, 0.25) is 0 Å². The third kappa shape index (κ3) is 4.03. The van der Waals surface area contributed by atoms with Crippen molar-refractivity contribution in [3.8, 4) is 28.3 Å². The molecule has 0 amide bonds. The van der Waals surface area contributed by atoms with E-state index >= 15 is 0 Å². The van der Waals surface area contributed by atoms with Crippen LogP contribution < -0.4 is 10.6 Å². The lowest BCUT2D eigenvalue weighted by atomic mass is 10.0. The van der Waals surface area contributed by atoms with E-state index < -0.39 is 0 Å². The minimum atomic E-state index is -0.384. The van der Waals surface area contributed by atoms with E-state index in [0.717, 1.165) is 54.1 Å². The highest BCUT2D eigenvalue weighted by Gasteiger charge is 2.16. The van der Waals surface area contributed by atoms with Crippen molar-refractivity contribution in [1.29, 1.82) is 0 Å². The molecule has 0 bridgehead atoms. The molecule has 29 heavy (non-hydrogen) atoms. The van der Waals surface area contributed by atoms with Crippen molar-refractivity contribution < 1.29 is 5.11 Å². The lowest BCUT2D eigenvalue weighted by molar-refractivity contribution is 0.313. The summed E-state index contributed by atoms with van der Waals surface area (Å²) in [5, 5.41) is 9.77. The molecule has 2 N–H and O–H groups in total. The molecule has 4 rings (SSSR count). The molecule has 1 fully saturated rings. The average molecular weight is 390 g/mol. The van der Waals surface area contributed by atoms with Gasteiger partial charge in [0.15, 0.2) is 0 Å². The van der Waals surface area contributed by atoms with Gasteiger partial charge in [-0.15, -0.1) is 0 Å². The number of nitrogens with zero attached hydrogens (tertiary/aromatic N) is 3. The van der Waals surface area contributed by atoms with Crippen LogP contribution in [0.15, 0.2) is 47.3 Å². The monoisotopic (exact) mass is 390 g/mol. The minimum absolute atomic E-state index is 0.231. The summed E-state index contributed by atoms with van der Waals surface area (Å²) >= 11 is 0. The van der Waals surface area contributed by atoms with Gasteiger partial charge in [-0.25, -0.2) is 4.79 Å². The number of H-pyrrole nitrogens is 1. The molecule has 0 saturated carbocycles. The Morgan fingerprint density at radius 2 is 1.72 bits per heavy atom. The summed E-state index contributed by atoms with van der Waals surface area (Å²) in [6.07, 6.45) is 0. The Morgan fingerprint density at radius 3 is 2.41 bits per heavy atom. The van der Waals surface area contributed by atoms with Gasteiger partial charge in [0.1, 0.15) is 5.75 Å². The van der Waals surface area contributed by atoms with Crippen LogP contribution in [0, 0.1) is 13.8 Å². The summed E-state index contributed by atoms with van der Waals surface area (Å²) in [7, 11) is 2.15. The van der Waals surface area contributed by atoms with Crippen molar-refractivity contribution in [2.45, 2.75) is 13.8 Å². The summed E-state index contributed by atoms with van der Waals surface area (Å²) < 4.78 is 0. The molecule has 0 spiro atoms. The molecule has 6 heteroatoms. The molecule has 2 heterocycles. The van der Waals surface area contributed by atoms with E-state index in [1.807, 2.05) is 19.1 Å². The molecular formula is C23H26N4O2. The lowest BCUT2D eigenvalue weighted by Crippen LogP contribution is -2.44. The molecule has 0 unspecified atom stereocenters. The van der Waals surface area contributed by atoms with Gasteiger partial charge < -0.3 is 19.9 Å². The maximum Gasteiger partial charge on any atom is 0.345 e. The van der Waals surface area contributed by atoms with Crippen LogP contribution in [0.5, 0.6) is 5.75 Å². The van der Waals surface area contributed by atoms with Gasteiger partial charge in [-0.2, -0.15) is 4.98 Å². The predicted octanol–water partition coefficient (Wildman–Crippen LogP) is 3.18. The number of anilines is 1. The van der Waals surface area contributed by atoms with Gasteiger partial charge >= 0.3 is 5.69 Å². The van der Waals surface area contributed by atoms with Crippen LogP contribution in [0.3, 0.4) is 0 Å². The first kappa shape index (κ1) is 19.2. The fourth-order valence-corrected chi connectivity index (χ4v) is 3.78. The Labute approximate surface area is 170 Å². The number of phenols is 1. The molecule has 1 saturated heterocycles. The number of aryl methyl sites for hydroxylation is 2. The molecule has 0 radical (unpaired) electrons. The number of hydrogen-bond acceptors (Lipinski definition) is 5. The van der Waals surface area contributed by atoms with Gasteiger partial charge in [-0.3, -0.25) is 0 Å². The van der Waals surface area contributed by atoms with Gasteiger partial charge in [0.05, 0.1) is 11.4 Å². The smallest absolute Gasteiger partial charge is 0.345 e. The van der Waals surface area contributed by atoms with Crippen molar-refractivity contribution in [3.05, 3.63) is 64.1 Å². The van der Waals surface area contributed by atoms with Crippen molar-refractivity contribution in [2.75, 3.05) is 38.1 Å². The van der Waals surface area contributed by atoms with Crippen LogP contribution in [0.25, 0.3) is 22.5 Å². The zero-order chi connectivity index (χ0) is 20.5. The molecule has 3 aromatic rings. The molecule has 0 atom stereocenters. The zero-order valence-electron chi connectivity index (χ0n) is 17.1. The molecular weight excluding hydrogens is 364 g/mol. The van der Waals surface area contributed by atoms with Gasteiger partial charge in [0, 0.05) is 43.0 Å². The van der Waals surface area contributed by atoms with E-state index in [1.165, 1.54) is 5.69 Å². The summed E-state index contributed by atoms with van der Waals surface area (Å²) in [6.45, 7) is 8.06. The first-order valence-corrected chi connectivity index (χ1v) is 9.86. The molecule has 1 aliphatic rings. The first-order chi connectivity index (χ1) is 13.9. The van der Waals surface area contributed by atoms with E-state index in [1.54, 1.807) is 12.1 Å². The highest BCUT2D eigenvalue weighted by Crippen LogP contribution is 2.29. The van der Waals surface area contributed by atoms with E-state index in [4.69, 9.17) is 0 Å².